The number of carbonyl (C=O) groups is 1. The highest BCUT2D eigenvalue weighted by Crippen LogP contribution is 2.12. The molecule has 1 fully saturated rings. The Morgan fingerprint density at radius 2 is 2.31 bits per heavy atom. The lowest BCUT2D eigenvalue weighted by Gasteiger charge is -2.25. The lowest BCUT2D eigenvalue weighted by molar-refractivity contribution is -0.135. The van der Waals surface area contributed by atoms with Crippen molar-refractivity contribution in [1.29, 1.82) is 0 Å². The molecule has 1 heterocycles. The molecule has 0 aromatic heterocycles. The van der Waals surface area contributed by atoms with Gasteiger partial charge in [0.05, 0.1) is 12.5 Å². The number of hydrogen-bond acceptors (Lipinski definition) is 3. The Morgan fingerprint density at radius 1 is 1.50 bits per heavy atom. The van der Waals surface area contributed by atoms with E-state index in [1.54, 1.807) is 7.11 Å². The molecule has 0 aliphatic carbocycles. The summed E-state index contributed by atoms with van der Waals surface area (Å²) in [5, 5.41) is 3.24. The van der Waals surface area contributed by atoms with Gasteiger partial charge in [-0.05, 0) is 19.4 Å². The molecule has 0 saturated carbocycles. The molecule has 0 bridgehead atoms. The Morgan fingerprint density at radius 3 is 2.88 bits per heavy atom. The average Bonchev–Trinajstić information content (AvgIpc) is 2.82. The largest absolute Gasteiger partial charge is 0.383 e. The van der Waals surface area contributed by atoms with Crippen LogP contribution in [-0.2, 0) is 9.53 Å². The molecule has 1 aliphatic heterocycles. The summed E-state index contributed by atoms with van der Waals surface area (Å²) in [5.41, 5.74) is 0. The zero-order valence-corrected chi connectivity index (χ0v) is 10.5. The van der Waals surface area contributed by atoms with Gasteiger partial charge in [-0.15, -0.1) is 0 Å². The third kappa shape index (κ3) is 4.10. The normalized spacial score (nSPS) is 20.0. The monoisotopic (exact) mass is 228 g/mol. The maximum absolute atomic E-state index is 12.2. The summed E-state index contributed by atoms with van der Waals surface area (Å²) in [7, 11) is 1.68. The second-order valence-electron chi connectivity index (χ2n) is 4.36. The fourth-order valence-electron chi connectivity index (χ4n) is 2.01. The first-order valence-corrected chi connectivity index (χ1v) is 6.28. The van der Waals surface area contributed by atoms with E-state index in [1.165, 1.54) is 0 Å². The molecule has 0 radical (unpaired) electrons. The van der Waals surface area contributed by atoms with Crippen molar-refractivity contribution in [2.75, 3.05) is 39.9 Å². The van der Waals surface area contributed by atoms with Crippen LogP contribution in [0.3, 0.4) is 0 Å². The van der Waals surface area contributed by atoms with E-state index < -0.39 is 0 Å². The molecule has 0 aromatic rings. The number of nitrogens with one attached hydrogen (secondary N) is 1. The smallest absolute Gasteiger partial charge is 0.227 e. The summed E-state index contributed by atoms with van der Waals surface area (Å²) in [4.78, 5) is 14.2. The first-order valence-electron chi connectivity index (χ1n) is 6.28. The summed E-state index contributed by atoms with van der Waals surface area (Å²) in [6.45, 7) is 6.20. The van der Waals surface area contributed by atoms with Gasteiger partial charge in [-0.25, -0.2) is 0 Å². The van der Waals surface area contributed by atoms with Gasteiger partial charge in [0.25, 0.3) is 0 Å². The van der Waals surface area contributed by atoms with Gasteiger partial charge in [0, 0.05) is 26.7 Å². The molecule has 4 heteroatoms. The number of carbonyl (C=O) groups excluding carboxylic acids is 1. The standard InChI is InChI=1S/C12H24N2O2/c1-3-4-7-14(8-9-16-2)12(15)11-5-6-13-10-11/h11,13H,3-10H2,1-2H3. The van der Waals surface area contributed by atoms with E-state index in [9.17, 15) is 4.79 Å². The summed E-state index contributed by atoms with van der Waals surface area (Å²) < 4.78 is 5.06. The van der Waals surface area contributed by atoms with Crippen LogP contribution >= 0.6 is 0 Å². The fourth-order valence-corrected chi connectivity index (χ4v) is 2.01. The molecule has 1 unspecified atom stereocenters. The van der Waals surface area contributed by atoms with Gasteiger partial charge >= 0.3 is 0 Å². The Labute approximate surface area is 98.3 Å². The topological polar surface area (TPSA) is 41.6 Å². The SMILES string of the molecule is CCCCN(CCOC)C(=O)C1CCNC1. The Kier molecular flexibility index (Phi) is 6.42. The van der Waals surface area contributed by atoms with Crippen LogP contribution in [0, 0.1) is 5.92 Å². The number of methoxy groups -OCH3 is 1. The summed E-state index contributed by atoms with van der Waals surface area (Å²) in [6, 6.07) is 0. The van der Waals surface area contributed by atoms with E-state index in [1.807, 2.05) is 4.90 Å². The minimum atomic E-state index is 0.189. The number of rotatable bonds is 7. The van der Waals surface area contributed by atoms with Gasteiger partial charge in [0.1, 0.15) is 0 Å². The van der Waals surface area contributed by atoms with E-state index in [0.717, 1.165) is 45.4 Å². The van der Waals surface area contributed by atoms with Gasteiger partial charge < -0.3 is 15.0 Å². The Bertz CT molecular complexity index is 195. The van der Waals surface area contributed by atoms with Gasteiger partial charge in [-0.1, -0.05) is 13.3 Å². The first kappa shape index (κ1) is 13.5. The summed E-state index contributed by atoms with van der Waals surface area (Å²) in [6.07, 6.45) is 3.18. The van der Waals surface area contributed by atoms with Gasteiger partial charge in [0.2, 0.25) is 5.91 Å². The molecule has 0 spiro atoms. The third-order valence-electron chi connectivity index (χ3n) is 3.07. The van der Waals surface area contributed by atoms with Crippen LogP contribution in [0.25, 0.3) is 0 Å². The van der Waals surface area contributed by atoms with Gasteiger partial charge in [-0.2, -0.15) is 0 Å². The second kappa shape index (κ2) is 7.63. The highest BCUT2D eigenvalue weighted by atomic mass is 16.5. The van der Waals surface area contributed by atoms with E-state index >= 15 is 0 Å². The minimum absolute atomic E-state index is 0.189. The van der Waals surface area contributed by atoms with Crippen molar-refractivity contribution < 1.29 is 9.53 Å². The van der Waals surface area contributed by atoms with E-state index in [2.05, 4.69) is 12.2 Å². The first-order chi connectivity index (χ1) is 7.79. The maximum Gasteiger partial charge on any atom is 0.227 e. The molecule has 0 aromatic carbocycles. The molecule has 1 rings (SSSR count). The van der Waals surface area contributed by atoms with Gasteiger partial charge in [0.15, 0.2) is 0 Å². The quantitative estimate of drug-likeness (QED) is 0.703. The van der Waals surface area contributed by atoms with Crippen LogP contribution in [0.5, 0.6) is 0 Å². The van der Waals surface area contributed by atoms with Crippen LogP contribution in [0.2, 0.25) is 0 Å². The third-order valence-corrected chi connectivity index (χ3v) is 3.07. The highest BCUT2D eigenvalue weighted by molar-refractivity contribution is 5.79. The molecule has 1 aliphatic rings. The molecule has 4 nitrogen and oxygen atoms in total. The average molecular weight is 228 g/mol. The number of unbranched alkanes of at least 4 members (excludes halogenated alkanes) is 1. The molecule has 1 saturated heterocycles. The van der Waals surface area contributed by atoms with Gasteiger partial charge in [-0.3, -0.25) is 4.79 Å². The van der Waals surface area contributed by atoms with E-state index in [-0.39, 0.29) is 5.92 Å². The number of nitrogens with zero attached hydrogens (tertiary/aromatic N) is 1. The van der Waals surface area contributed by atoms with E-state index in [4.69, 9.17) is 4.74 Å². The maximum atomic E-state index is 12.2. The van der Waals surface area contributed by atoms with Crippen LogP contribution in [-0.4, -0.2) is 50.7 Å². The lowest BCUT2D eigenvalue weighted by Crippen LogP contribution is -2.39. The van der Waals surface area contributed by atoms with Crippen molar-refractivity contribution in [3.05, 3.63) is 0 Å². The molecular formula is C12H24N2O2. The van der Waals surface area contributed by atoms with Crippen LogP contribution in [0.4, 0.5) is 0 Å². The predicted octanol–water partition coefficient (Wildman–Crippen LogP) is 0.871. The fraction of sp³-hybridized carbons (Fsp3) is 0.917. The molecule has 1 amide bonds. The van der Waals surface area contributed by atoms with Crippen molar-refractivity contribution >= 4 is 5.91 Å². The molecule has 16 heavy (non-hydrogen) atoms. The van der Waals surface area contributed by atoms with Crippen LogP contribution < -0.4 is 5.32 Å². The van der Waals surface area contributed by atoms with Crippen molar-refractivity contribution in [1.82, 2.24) is 10.2 Å². The molecule has 1 N–H and O–H groups in total. The number of ether oxygens (including phenoxy) is 1. The molecule has 94 valence electrons. The Balaban J connectivity index is 2.41. The van der Waals surface area contributed by atoms with E-state index in [0.29, 0.717) is 12.5 Å². The highest BCUT2D eigenvalue weighted by Gasteiger charge is 2.26. The Hall–Kier alpha value is -0.610. The molecular weight excluding hydrogens is 204 g/mol. The summed E-state index contributed by atoms with van der Waals surface area (Å²) >= 11 is 0. The van der Waals surface area contributed by atoms with Crippen LogP contribution in [0.15, 0.2) is 0 Å². The van der Waals surface area contributed by atoms with Crippen molar-refractivity contribution in [2.24, 2.45) is 5.92 Å². The molecule has 1 atom stereocenters. The number of amides is 1. The van der Waals surface area contributed by atoms with Crippen molar-refractivity contribution in [3.8, 4) is 0 Å². The van der Waals surface area contributed by atoms with Crippen molar-refractivity contribution in [3.63, 3.8) is 0 Å². The predicted molar refractivity (Wildman–Crippen MR) is 64.3 cm³/mol. The summed E-state index contributed by atoms with van der Waals surface area (Å²) in [5.74, 6) is 0.490. The number of hydrogen-bond donors (Lipinski definition) is 1. The zero-order chi connectivity index (χ0) is 11.8. The van der Waals surface area contributed by atoms with Crippen LogP contribution in [0.1, 0.15) is 26.2 Å². The lowest BCUT2D eigenvalue weighted by atomic mass is 10.1. The minimum Gasteiger partial charge on any atom is -0.383 e. The second-order valence-corrected chi connectivity index (χ2v) is 4.36. The zero-order valence-electron chi connectivity index (χ0n) is 10.5. The van der Waals surface area contributed by atoms with Crippen molar-refractivity contribution in [2.45, 2.75) is 26.2 Å².